The van der Waals surface area contributed by atoms with Crippen molar-refractivity contribution in [2.75, 3.05) is 6.54 Å². The maximum atomic E-state index is 12.2. The first-order valence-corrected chi connectivity index (χ1v) is 4.80. The van der Waals surface area contributed by atoms with Crippen LogP contribution in [0.1, 0.15) is 18.1 Å². The lowest BCUT2D eigenvalue weighted by atomic mass is 10.1. The molecule has 1 amide bonds. The van der Waals surface area contributed by atoms with Crippen molar-refractivity contribution in [3.8, 4) is 11.8 Å². The van der Waals surface area contributed by atoms with E-state index in [0.717, 1.165) is 12.1 Å². The third-order valence-electron chi connectivity index (χ3n) is 1.87. The number of carbonyl (C=O) groups excluding carboxylic acids is 1. The molecule has 0 spiro atoms. The molecule has 0 saturated carbocycles. The highest BCUT2D eigenvalue weighted by Crippen LogP contribution is 2.28. The number of nitrogens with one attached hydrogen (secondary N) is 1. The molecule has 0 unspecified atom stereocenters. The zero-order valence-corrected chi connectivity index (χ0v) is 9.06. The standard InChI is InChI=1S/C12H10F3NO/c1-9(17)16-8-2-3-10-4-6-11(7-5-10)12(13,14)15/h4-7H,8H2,1H3,(H,16,17). The monoisotopic (exact) mass is 241 g/mol. The summed E-state index contributed by atoms with van der Waals surface area (Å²) in [6.07, 6.45) is -4.33. The molecule has 5 heteroatoms. The van der Waals surface area contributed by atoms with Crippen LogP contribution in [0.5, 0.6) is 0 Å². The van der Waals surface area contributed by atoms with Crippen molar-refractivity contribution in [1.29, 1.82) is 0 Å². The highest BCUT2D eigenvalue weighted by atomic mass is 19.4. The molecule has 1 aromatic carbocycles. The molecule has 0 aliphatic heterocycles. The minimum absolute atomic E-state index is 0.177. The maximum Gasteiger partial charge on any atom is 0.416 e. The number of hydrogen-bond donors (Lipinski definition) is 1. The summed E-state index contributed by atoms with van der Waals surface area (Å²) in [5.74, 6) is 5.07. The van der Waals surface area contributed by atoms with E-state index in [1.54, 1.807) is 0 Å². The minimum Gasteiger partial charge on any atom is -0.345 e. The molecular weight excluding hydrogens is 231 g/mol. The summed E-state index contributed by atoms with van der Waals surface area (Å²) in [7, 11) is 0. The summed E-state index contributed by atoms with van der Waals surface area (Å²) < 4.78 is 36.7. The molecule has 1 aromatic rings. The Hall–Kier alpha value is -1.96. The summed E-state index contributed by atoms with van der Waals surface area (Å²) in [4.78, 5) is 10.5. The number of halogens is 3. The highest BCUT2D eigenvalue weighted by molar-refractivity contribution is 5.73. The SMILES string of the molecule is CC(=O)NCC#Cc1ccc(C(F)(F)F)cc1. The molecule has 0 bridgehead atoms. The smallest absolute Gasteiger partial charge is 0.345 e. The van der Waals surface area contributed by atoms with Crippen molar-refractivity contribution < 1.29 is 18.0 Å². The van der Waals surface area contributed by atoms with Crippen molar-refractivity contribution in [2.24, 2.45) is 0 Å². The molecule has 1 N–H and O–H groups in total. The lowest BCUT2D eigenvalue weighted by Crippen LogP contribution is -2.19. The van der Waals surface area contributed by atoms with Crippen molar-refractivity contribution in [1.82, 2.24) is 5.32 Å². The molecule has 0 heterocycles. The van der Waals surface area contributed by atoms with Crippen LogP contribution >= 0.6 is 0 Å². The number of amides is 1. The van der Waals surface area contributed by atoms with Crippen molar-refractivity contribution >= 4 is 5.91 Å². The van der Waals surface area contributed by atoms with Crippen LogP contribution in [0, 0.1) is 11.8 Å². The Morgan fingerprint density at radius 1 is 1.29 bits per heavy atom. The second-order valence-corrected chi connectivity index (χ2v) is 3.29. The van der Waals surface area contributed by atoms with E-state index in [-0.39, 0.29) is 12.5 Å². The number of carbonyl (C=O) groups is 1. The second-order valence-electron chi connectivity index (χ2n) is 3.29. The summed E-state index contributed by atoms with van der Waals surface area (Å²) in [6.45, 7) is 1.54. The first-order chi connectivity index (χ1) is 7.89. The van der Waals surface area contributed by atoms with E-state index in [0.29, 0.717) is 5.56 Å². The van der Waals surface area contributed by atoms with Crippen molar-refractivity contribution in [3.63, 3.8) is 0 Å². The molecule has 1 rings (SSSR count). The average molecular weight is 241 g/mol. The van der Waals surface area contributed by atoms with Gasteiger partial charge in [-0.05, 0) is 24.3 Å². The van der Waals surface area contributed by atoms with Crippen LogP contribution in [-0.4, -0.2) is 12.5 Å². The van der Waals surface area contributed by atoms with Gasteiger partial charge in [-0.15, -0.1) is 0 Å². The minimum atomic E-state index is -4.33. The Morgan fingerprint density at radius 3 is 2.35 bits per heavy atom. The normalized spacial score (nSPS) is 10.4. The fraction of sp³-hybridized carbons (Fsp3) is 0.250. The van der Waals surface area contributed by atoms with Crippen LogP contribution in [0.4, 0.5) is 13.2 Å². The molecule has 0 fully saturated rings. The van der Waals surface area contributed by atoms with Crippen LogP contribution in [0.15, 0.2) is 24.3 Å². The van der Waals surface area contributed by atoms with E-state index in [2.05, 4.69) is 17.2 Å². The van der Waals surface area contributed by atoms with E-state index in [9.17, 15) is 18.0 Å². The van der Waals surface area contributed by atoms with Gasteiger partial charge < -0.3 is 5.32 Å². The molecule has 0 aromatic heterocycles. The predicted molar refractivity (Wildman–Crippen MR) is 57.0 cm³/mol. The van der Waals surface area contributed by atoms with Crippen LogP contribution in [0.2, 0.25) is 0 Å². The fourth-order valence-corrected chi connectivity index (χ4v) is 1.06. The van der Waals surface area contributed by atoms with Crippen LogP contribution in [0.3, 0.4) is 0 Å². The number of hydrogen-bond acceptors (Lipinski definition) is 1. The predicted octanol–water partition coefficient (Wildman–Crippen LogP) is 2.19. The quantitative estimate of drug-likeness (QED) is 0.750. The van der Waals surface area contributed by atoms with E-state index >= 15 is 0 Å². The average Bonchev–Trinajstić information content (AvgIpc) is 2.23. The second kappa shape index (κ2) is 5.39. The Morgan fingerprint density at radius 2 is 1.88 bits per heavy atom. The van der Waals surface area contributed by atoms with E-state index < -0.39 is 11.7 Å². The summed E-state index contributed by atoms with van der Waals surface area (Å²) in [5.41, 5.74) is -0.228. The van der Waals surface area contributed by atoms with Crippen molar-refractivity contribution in [3.05, 3.63) is 35.4 Å². The number of benzene rings is 1. The molecular formula is C12H10F3NO. The third kappa shape index (κ3) is 4.60. The summed E-state index contributed by atoms with van der Waals surface area (Å²) in [5, 5.41) is 2.46. The van der Waals surface area contributed by atoms with Gasteiger partial charge in [-0.3, -0.25) is 4.79 Å². The lowest BCUT2D eigenvalue weighted by Gasteiger charge is -2.05. The zero-order valence-electron chi connectivity index (χ0n) is 9.06. The molecule has 90 valence electrons. The summed E-state index contributed by atoms with van der Waals surface area (Å²) in [6, 6.07) is 4.54. The Balaban J connectivity index is 2.66. The van der Waals surface area contributed by atoms with Gasteiger partial charge in [0.05, 0.1) is 12.1 Å². The first kappa shape index (κ1) is 13.1. The molecule has 0 saturated heterocycles. The van der Waals surface area contributed by atoms with Crippen LogP contribution < -0.4 is 5.32 Å². The maximum absolute atomic E-state index is 12.2. The molecule has 0 atom stereocenters. The Labute approximate surface area is 96.8 Å². The van der Waals surface area contributed by atoms with E-state index in [4.69, 9.17) is 0 Å². The van der Waals surface area contributed by atoms with Gasteiger partial charge in [-0.25, -0.2) is 0 Å². The van der Waals surface area contributed by atoms with Gasteiger partial charge >= 0.3 is 6.18 Å². The largest absolute Gasteiger partial charge is 0.416 e. The van der Waals surface area contributed by atoms with Gasteiger partial charge in [-0.2, -0.15) is 13.2 Å². The molecule has 17 heavy (non-hydrogen) atoms. The Bertz CT molecular complexity index is 451. The van der Waals surface area contributed by atoms with Crippen LogP contribution in [0.25, 0.3) is 0 Å². The number of rotatable bonds is 1. The van der Waals surface area contributed by atoms with Gasteiger partial charge in [0, 0.05) is 12.5 Å². The van der Waals surface area contributed by atoms with Gasteiger partial charge in [0.2, 0.25) is 5.91 Å². The number of alkyl halides is 3. The first-order valence-electron chi connectivity index (χ1n) is 4.80. The van der Waals surface area contributed by atoms with Gasteiger partial charge in [0.15, 0.2) is 0 Å². The Kier molecular flexibility index (Phi) is 4.16. The zero-order chi connectivity index (χ0) is 12.9. The molecule has 0 aliphatic carbocycles. The van der Waals surface area contributed by atoms with E-state index in [1.165, 1.54) is 19.1 Å². The van der Waals surface area contributed by atoms with Gasteiger partial charge in [0.25, 0.3) is 0 Å². The van der Waals surface area contributed by atoms with Crippen molar-refractivity contribution in [2.45, 2.75) is 13.1 Å². The third-order valence-corrected chi connectivity index (χ3v) is 1.87. The molecule has 0 aliphatic rings. The summed E-state index contributed by atoms with van der Waals surface area (Å²) >= 11 is 0. The molecule has 2 nitrogen and oxygen atoms in total. The van der Waals surface area contributed by atoms with E-state index in [1.807, 2.05) is 0 Å². The topological polar surface area (TPSA) is 29.1 Å². The van der Waals surface area contributed by atoms with Crippen LogP contribution in [-0.2, 0) is 11.0 Å². The lowest BCUT2D eigenvalue weighted by molar-refractivity contribution is -0.137. The van der Waals surface area contributed by atoms with Gasteiger partial charge in [-0.1, -0.05) is 11.8 Å². The highest BCUT2D eigenvalue weighted by Gasteiger charge is 2.29. The van der Waals surface area contributed by atoms with Gasteiger partial charge in [0.1, 0.15) is 0 Å². The fourth-order valence-electron chi connectivity index (χ4n) is 1.06. The molecule has 0 radical (unpaired) electrons.